The summed E-state index contributed by atoms with van der Waals surface area (Å²) in [5.41, 5.74) is 0. The Bertz CT molecular complexity index is 3.61. The topological polar surface area (TPSA) is 103 Å². The van der Waals surface area contributed by atoms with E-state index in [4.69, 9.17) is 9.11 Å². The van der Waals surface area contributed by atoms with Crippen LogP contribution in [0.1, 0.15) is 0 Å². The molecule has 0 aromatic rings. The van der Waals surface area contributed by atoms with Crippen molar-refractivity contribution in [2.45, 2.75) is 0 Å². The molecule has 0 bridgehead atoms. The van der Waals surface area contributed by atoms with Crippen molar-refractivity contribution in [1.82, 2.24) is 0 Å². The zero-order valence-electron chi connectivity index (χ0n) is 2.30. The molecule has 6 N–H and O–H groups in total. The monoisotopic (exact) mass is 102 g/mol. The average Bonchev–Trinajstić information content (AvgIpc) is 0.918. The summed E-state index contributed by atoms with van der Waals surface area (Å²) in [4.78, 5) is 0. The third-order valence-corrected chi connectivity index (χ3v) is 0. The molecule has 0 aliphatic carbocycles. The van der Waals surface area contributed by atoms with Crippen LogP contribution in [0.5, 0.6) is 0 Å². The summed E-state index contributed by atoms with van der Waals surface area (Å²) in [6.45, 7) is 0. The van der Waals surface area contributed by atoms with E-state index in [-0.39, 0.29) is 23.3 Å². The van der Waals surface area contributed by atoms with Crippen LogP contribution in [-0.2, 0) is 0 Å². The Labute approximate surface area is 33.5 Å². The third kappa shape index (κ3) is 557. The van der Waals surface area contributed by atoms with Crippen LogP contribution in [0.25, 0.3) is 0 Å². The van der Waals surface area contributed by atoms with Crippen LogP contribution in [-0.4, -0.2) is 20.1 Å². The quantitative estimate of drug-likeness (QED) is 0.384. The van der Waals surface area contributed by atoms with E-state index in [0.717, 1.165) is 0 Å². The van der Waals surface area contributed by atoms with Gasteiger partial charge in [-0.2, -0.15) is 0 Å². The average molecular weight is 102 g/mol. The first kappa shape index (κ1) is 19.0. The van der Waals surface area contributed by atoms with E-state index in [1.807, 2.05) is 0 Å². The molecule has 0 fully saturated rings. The van der Waals surface area contributed by atoms with Gasteiger partial charge in [0.15, 0.2) is 12.3 Å². The molecule has 0 saturated heterocycles. The first-order valence-electron chi connectivity index (χ1n) is 0.365. The van der Waals surface area contributed by atoms with Crippen molar-refractivity contribution < 1.29 is 20.1 Å². The van der Waals surface area contributed by atoms with E-state index in [9.17, 15) is 0 Å². The molecule has 0 aliphatic rings. The maximum Gasteiger partial charge on any atom is 0.152 e. The third-order valence-electron chi connectivity index (χ3n) is 0. The van der Waals surface area contributed by atoms with Crippen molar-refractivity contribution in [1.29, 1.82) is 0 Å². The van der Waals surface area contributed by atoms with E-state index in [0.29, 0.717) is 0 Å². The number of rotatable bonds is 0. The molecule has 0 heterocycles. The second kappa shape index (κ2) is 30.1. The van der Waals surface area contributed by atoms with Gasteiger partial charge in [-0.25, -0.2) is 0 Å². The molecule has 0 aromatic heterocycles. The molecule has 0 aromatic carbocycles. The zero-order chi connectivity index (χ0) is 2.71. The molecule has 5 heteroatoms. The Morgan fingerprint density at radius 2 is 1.00 bits per heavy atom. The van der Waals surface area contributed by atoms with Gasteiger partial charge in [-0.15, -0.1) is 0 Å². The van der Waals surface area contributed by atoms with E-state index < -0.39 is 0 Å². The van der Waals surface area contributed by atoms with Crippen LogP contribution in [0.15, 0.2) is 0 Å². The highest BCUT2D eigenvalue weighted by Crippen LogP contribution is 1.67. The Morgan fingerprint density at radius 1 is 1.00 bits per heavy atom. The van der Waals surface area contributed by atoms with Crippen LogP contribution in [0.2, 0.25) is 0 Å². The lowest BCUT2D eigenvalue weighted by atomic mass is 15.9. The van der Waals surface area contributed by atoms with Gasteiger partial charge < -0.3 is 20.1 Å². The largest absolute Gasteiger partial charge is 0.412 e. The van der Waals surface area contributed by atoms with E-state index in [1.165, 1.54) is 0 Å². The summed E-state index contributed by atoms with van der Waals surface area (Å²) in [7, 11) is 0. The Balaban J connectivity index is -0.0000000200. The van der Waals surface area contributed by atoms with Gasteiger partial charge in [-0.05, 0) is 0 Å². The molecule has 0 unspecified atom stereocenters. The van der Waals surface area contributed by atoms with Crippen LogP contribution in [0, 0.1) is 0 Å². The molecule has 0 aliphatic heterocycles. The molecule has 4 nitrogen and oxygen atoms in total. The van der Waals surface area contributed by atoms with Crippen molar-refractivity contribution >= 4 is 12.3 Å². The molecule has 36 valence electrons. The van der Waals surface area contributed by atoms with Crippen LogP contribution < -0.4 is 0 Å². The lowest BCUT2D eigenvalue weighted by Crippen LogP contribution is -1.31. The molecular formula is H6O4S. The maximum atomic E-state index is 7.04. The normalized spacial score (nSPS) is 3.60. The lowest BCUT2D eigenvalue weighted by molar-refractivity contribution is 0.541. The van der Waals surface area contributed by atoms with Gasteiger partial charge in [-0.3, -0.25) is 0 Å². The Hall–Kier alpha value is 0.190. The lowest BCUT2D eigenvalue weighted by Gasteiger charge is -1.51. The van der Waals surface area contributed by atoms with Gasteiger partial charge >= 0.3 is 0 Å². The summed E-state index contributed by atoms with van der Waals surface area (Å²) in [6.07, 6.45) is 0. The van der Waals surface area contributed by atoms with Gasteiger partial charge in [0.1, 0.15) is 0 Å². The second-order valence-corrected chi connectivity index (χ2v) is 0.245. The van der Waals surface area contributed by atoms with E-state index in [2.05, 4.69) is 0 Å². The fraction of sp³-hybridized carbons (Fsp3) is 0. The Kier molecular flexibility index (Phi) is 114. The predicted octanol–water partition coefficient (Wildman–Crippen LogP) is -0.984. The molecular weight excluding hydrogens is 96.1 g/mol. The summed E-state index contributed by atoms with van der Waals surface area (Å²) < 4.78 is 14.1. The zero-order valence-corrected chi connectivity index (χ0v) is 3.12. The van der Waals surface area contributed by atoms with Crippen LogP contribution in [0.3, 0.4) is 0 Å². The molecule has 0 atom stereocenters. The molecule has 0 radical (unpaired) electrons. The van der Waals surface area contributed by atoms with E-state index in [1.54, 1.807) is 0 Å². The van der Waals surface area contributed by atoms with Crippen molar-refractivity contribution in [3.05, 3.63) is 0 Å². The number of hydrogen-bond acceptors (Lipinski definition) is 3. The highest BCUT2D eigenvalue weighted by molar-refractivity contribution is 7.87. The van der Waals surface area contributed by atoms with Gasteiger partial charge in [0.25, 0.3) is 0 Å². The van der Waals surface area contributed by atoms with Crippen molar-refractivity contribution in [2.75, 3.05) is 0 Å². The van der Waals surface area contributed by atoms with Crippen LogP contribution in [0.4, 0.5) is 0 Å². The predicted molar refractivity (Wildman–Crippen MR) is 20.1 cm³/mol. The standard InChI is InChI=1S/H2O2S.2H2O/c1-3-2;;/h1-2H;2*1H2. The fourth-order valence-electron chi connectivity index (χ4n) is 0. The summed E-state index contributed by atoms with van der Waals surface area (Å²) >= 11 is -0.250. The maximum absolute atomic E-state index is 7.04. The summed E-state index contributed by atoms with van der Waals surface area (Å²) in [6, 6.07) is 0. The SMILES string of the molecule is O.O.OSO. The highest BCUT2D eigenvalue weighted by Gasteiger charge is 1.36. The van der Waals surface area contributed by atoms with Gasteiger partial charge in [0.05, 0.1) is 0 Å². The first-order valence-corrected chi connectivity index (χ1v) is 1.10. The summed E-state index contributed by atoms with van der Waals surface area (Å²) in [5, 5.41) is 0. The van der Waals surface area contributed by atoms with Crippen molar-refractivity contribution in [2.24, 2.45) is 0 Å². The molecule has 0 rings (SSSR count). The minimum Gasteiger partial charge on any atom is -0.412 e. The molecule has 0 spiro atoms. The fourth-order valence-corrected chi connectivity index (χ4v) is 0. The number of hydrogen-bond donors (Lipinski definition) is 2. The molecule has 0 saturated carbocycles. The molecule has 5 heavy (non-hydrogen) atoms. The van der Waals surface area contributed by atoms with Gasteiger partial charge in [-0.1, -0.05) is 0 Å². The first-order chi connectivity index (χ1) is 1.41. The smallest absolute Gasteiger partial charge is 0.152 e. The van der Waals surface area contributed by atoms with E-state index >= 15 is 0 Å². The minimum atomic E-state index is -0.250. The van der Waals surface area contributed by atoms with Crippen molar-refractivity contribution in [3.63, 3.8) is 0 Å². The highest BCUT2D eigenvalue weighted by atomic mass is 32.2. The second-order valence-electron chi connectivity index (χ2n) is 0.0816. The Morgan fingerprint density at radius 3 is 1.00 bits per heavy atom. The summed E-state index contributed by atoms with van der Waals surface area (Å²) in [5.74, 6) is 0. The minimum absolute atomic E-state index is 0. The van der Waals surface area contributed by atoms with Crippen molar-refractivity contribution in [3.8, 4) is 0 Å². The molecule has 0 amide bonds. The van der Waals surface area contributed by atoms with Crippen LogP contribution >= 0.6 is 12.3 Å². The van der Waals surface area contributed by atoms with Gasteiger partial charge in [0, 0.05) is 0 Å². The van der Waals surface area contributed by atoms with Gasteiger partial charge in [0.2, 0.25) is 0 Å².